The van der Waals surface area contributed by atoms with Gasteiger partial charge in [-0.25, -0.2) is 18.4 Å². The summed E-state index contributed by atoms with van der Waals surface area (Å²) < 4.78 is 24.9. The third-order valence-corrected chi connectivity index (χ3v) is 5.45. The number of imidazole rings is 1. The summed E-state index contributed by atoms with van der Waals surface area (Å²) in [6, 6.07) is 10.9. The summed E-state index contributed by atoms with van der Waals surface area (Å²) in [6.45, 7) is 1.27. The number of halogens is 1. The Labute approximate surface area is 193 Å². The maximum atomic E-state index is 11.5. The fraction of sp³-hybridized carbons (Fsp3) is 0.250. The van der Waals surface area contributed by atoms with Crippen molar-refractivity contribution in [2.24, 2.45) is 4.99 Å². The molecule has 3 aromatic rings. The number of rotatable bonds is 7. The van der Waals surface area contributed by atoms with E-state index < -0.39 is 9.84 Å². The molecule has 3 rings (SSSR count). The zero-order valence-corrected chi connectivity index (χ0v) is 20.0. The molecule has 0 saturated carbocycles. The highest BCUT2D eigenvalue weighted by Crippen LogP contribution is 2.10. The quantitative estimate of drug-likeness (QED) is 0.271. The molecule has 0 amide bonds. The summed E-state index contributed by atoms with van der Waals surface area (Å²) in [5.41, 5.74) is 2.09. The van der Waals surface area contributed by atoms with Crippen LogP contribution in [0, 0.1) is 0 Å². The lowest BCUT2D eigenvalue weighted by atomic mass is 10.1. The molecule has 2 heterocycles. The molecule has 0 aliphatic carbocycles. The van der Waals surface area contributed by atoms with Crippen LogP contribution in [-0.2, 0) is 22.8 Å². The number of pyridine rings is 1. The Balaban J connectivity index is 0.00000320. The van der Waals surface area contributed by atoms with E-state index in [1.807, 2.05) is 41.2 Å². The summed E-state index contributed by atoms with van der Waals surface area (Å²) in [5, 5.41) is 6.51. The van der Waals surface area contributed by atoms with Crippen LogP contribution in [0.15, 0.2) is 71.2 Å². The zero-order valence-electron chi connectivity index (χ0n) is 16.8. The van der Waals surface area contributed by atoms with Crippen molar-refractivity contribution >= 4 is 39.8 Å². The van der Waals surface area contributed by atoms with E-state index in [0.717, 1.165) is 23.4 Å². The molecule has 0 spiro atoms. The van der Waals surface area contributed by atoms with E-state index in [4.69, 9.17) is 0 Å². The van der Waals surface area contributed by atoms with Gasteiger partial charge >= 0.3 is 0 Å². The molecule has 0 radical (unpaired) electrons. The van der Waals surface area contributed by atoms with Crippen molar-refractivity contribution in [3.05, 3.63) is 72.4 Å². The first-order valence-corrected chi connectivity index (χ1v) is 11.0. The fourth-order valence-electron chi connectivity index (χ4n) is 2.70. The molecule has 0 unspecified atom stereocenters. The topological polar surface area (TPSA) is 101 Å². The molecule has 2 N–H and O–H groups in total. The molecule has 0 atom stereocenters. The van der Waals surface area contributed by atoms with Crippen LogP contribution in [0.2, 0.25) is 0 Å². The number of benzene rings is 1. The van der Waals surface area contributed by atoms with Crippen LogP contribution in [-0.4, -0.2) is 48.8 Å². The Morgan fingerprint density at radius 2 is 1.83 bits per heavy atom. The Bertz CT molecular complexity index is 1050. The number of hydrogen-bond donors (Lipinski definition) is 2. The van der Waals surface area contributed by atoms with E-state index in [1.165, 1.54) is 6.26 Å². The number of aliphatic imine (C=N–C) groups is 1. The lowest BCUT2D eigenvalue weighted by Gasteiger charge is -2.12. The van der Waals surface area contributed by atoms with Gasteiger partial charge in [0.15, 0.2) is 15.8 Å². The maximum Gasteiger partial charge on any atom is 0.191 e. The van der Waals surface area contributed by atoms with E-state index >= 15 is 0 Å². The van der Waals surface area contributed by atoms with Crippen LogP contribution >= 0.6 is 24.0 Å². The van der Waals surface area contributed by atoms with Crippen LogP contribution in [0.3, 0.4) is 0 Å². The first kappa shape index (κ1) is 23.8. The van der Waals surface area contributed by atoms with Crippen molar-refractivity contribution < 1.29 is 8.42 Å². The van der Waals surface area contributed by atoms with Gasteiger partial charge in [0.1, 0.15) is 12.1 Å². The largest absolute Gasteiger partial charge is 0.356 e. The summed E-state index contributed by atoms with van der Waals surface area (Å²) in [7, 11) is -1.44. The molecule has 0 aliphatic rings. The first-order valence-electron chi connectivity index (χ1n) is 9.12. The molecule has 8 nitrogen and oxygen atoms in total. The Kier molecular flexibility index (Phi) is 8.78. The summed E-state index contributed by atoms with van der Waals surface area (Å²) in [6.07, 6.45) is 9.05. The van der Waals surface area contributed by atoms with Crippen LogP contribution in [0.5, 0.6) is 0 Å². The molecule has 10 heteroatoms. The van der Waals surface area contributed by atoms with Gasteiger partial charge in [-0.15, -0.1) is 24.0 Å². The van der Waals surface area contributed by atoms with E-state index in [0.29, 0.717) is 23.9 Å². The van der Waals surface area contributed by atoms with Crippen molar-refractivity contribution in [3.63, 3.8) is 0 Å². The van der Waals surface area contributed by atoms with Gasteiger partial charge in [-0.3, -0.25) is 9.56 Å². The Hall–Kier alpha value is -2.47. The molecule has 2 aromatic heterocycles. The molecule has 30 heavy (non-hydrogen) atoms. The van der Waals surface area contributed by atoms with Gasteiger partial charge in [0, 0.05) is 45.0 Å². The lowest BCUT2D eigenvalue weighted by molar-refractivity contribution is 0.602. The predicted octanol–water partition coefficient (Wildman–Crippen LogP) is 2.20. The van der Waals surface area contributed by atoms with Gasteiger partial charge in [-0.05, 0) is 35.7 Å². The molecule has 0 fully saturated rings. The summed E-state index contributed by atoms with van der Waals surface area (Å²) in [5.74, 6) is 1.51. The smallest absolute Gasteiger partial charge is 0.191 e. The van der Waals surface area contributed by atoms with Crippen LogP contribution in [0.4, 0.5) is 0 Å². The van der Waals surface area contributed by atoms with Gasteiger partial charge in [0.05, 0.1) is 4.90 Å². The van der Waals surface area contributed by atoms with Crippen molar-refractivity contribution in [2.45, 2.75) is 17.9 Å². The van der Waals surface area contributed by atoms with E-state index in [9.17, 15) is 8.42 Å². The average molecular weight is 540 g/mol. The normalized spacial score (nSPS) is 11.6. The minimum atomic E-state index is -3.16. The number of guanidine groups is 1. The number of hydrogen-bond acceptors (Lipinski definition) is 5. The molecule has 0 saturated heterocycles. The van der Waals surface area contributed by atoms with Gasteiger partial charge in [0.25, 0.3) is 0 Å². The molecular weight excluding hydrogens is 515 g/mol. The highest BCUT2D eigenvalue weighted by Gasteiger charge is 2.06. The van der Waals surface area contributed by atoms with Crippen molar-refractivity contribution in [1.82, 2.24) is 25.2 Å². The number of aromatic nitrogens is 3. The first-order chi connectivity index (χ1) is 14.0. The van der Waals surface area contributed by atoms with Gasteiger partial charge in [-0.1, -0.05) is 18.2 Å². The average Bonchev–Trinajstić information content (AvgIpc) is 3.25. The van der Waals surface area contributed by atoms with Crippen molar-refractivity contribution in [3.8, 4) is 5.82 Å². The molecular formula is C20H25IN6O2S. The zero-order chi connectivity index (χ0) is 20.7. The van der Waals surface area contributed by atoms with Crippen molar-refractivity contribution in [1.29, 1.82) is 0 Å². The Morgan fingerprint density at radius 1 is 1.10 bits per heavy atom. The summed E-state index contributed by atoms with van der Waals surface area (Å²) in [4.78, 5) is 13.0. The van der Waals surface area contributed by atoms with Crippen LogP contribution < -0.4 is 10.6 Å². The second-order valence-electron chi connectivity index (χ2n) is 6.51. The second-order valence-corrected chi connectivity index (χ2v) is 8.53. The molecule has 0 bridgehead atoms. The molecule has 1 aromatic carbocycles. The Morgan fingerprint density at radius 3 is 2.40 bits per heavy atom. The number of sulfone groups is 1. The highest BCUT2D eigenvalue weighted by molar-refractivity contribution is 14.0. The predicted molar refractivity (Wildman–Crippen MR) is 128 cm³/mol. The number of nitrogens with one attached hydrogen (secondary N) is 2. The maximum absolute atomic E-state index is 11.5. The standard InChI is InChI=1S/C20H24N6O2S.HI/c1-21-20(23-10-9-16-3-6-18(7-4-16)29(2,27)28)25-14-17-5-8-19(24-13-17)26-12-11-22-15-26;/h3-8,11-13,15H,9-10,14H2,1-2H3,(H2,21,23,25);1H. The SMILES string of the molecule is CN=C(NCCc1ccc(S(C)(=O)=O)cc1)NCc1ccc(-n2ccnc2)nc1.I. The van der Waals surface area contributed by atoms with Crippen LogP contribution in [0.25, 0.3) is 5.82 Å². The molecule has 0 aliphatic heterocycles. The van der Waals surface area contributed by atoms with Crippen LogP contribution in [0.1, 0.15) is 11.1 Å². The van der Waals surface area contributed by atoms with Gasteiger partial charge in [0.2, 0.25) is 0 Å². The third kappa shape index (κ3) is 6.80. The van der Waals surface area contributed by atoms with Gasteiger partial charge in [-0.2, -0.15) is 0 Å². The lowest BCUT2D eigenvalue weighted by Crippen LogP contribution is -2.37. The van der Waals surface area contributed by atoms with E-state index in [2.05, 4.69) is 25.6 Å². The van der Waals surface area contributed by atoms with Gasteiger partial charge < -0.3 is 10.6 Å². The third-order valence-electron chi connectivity index (χ3n) is 4.32. The monoisotopic (exact) mass is 540 g/mol. The highest BCUT2D eigenvalue weighted by atomic mass is 127. The van der Waals surface area contributed by atoms with E-state index in [1.54, 1.807) is 31.7 Å². The second kappa shape index (κ2) is 11.1. The minimum absolute atomic E-state index is 0. The number of nitrogens with zero attached hydrogens (tertiary/aromatic N) is 4. The summed E-state index contributed by atoms with van der Waals surface area (Å²) >= 11 is 0. The fourth-order valence-corrected chi connectivity index (χ4v) is 3.33. The molecule has 160 valence electrons. The van der Waals surface area contributed by atoms with E-state index in [-0.39, 0.29) is 24.0 Å². The van der Waals surface area contributed by atoms with Crippen molar-refractivity contribution in [2.75, 3.05) is 19.8 Å². The minimum Gasteiger partial charge on any atom is -0.356 e.